The quantitative estimate of drug-likeness (QED) is 0.255. The number of aromatic nitrogens is 2. The average molecular weight is 592 g/mol. The summed E-state index contributed by atoms with van der Waals surface area (Å²) in [5.74, 6) is -1.23. The Morgan fingerprint density at radius 1 is 0.905 bits per heavy atom. The molecule has 42 heavy (non-hydrogen) atoms. The summed E-state index contributed by atoms with van der Waals surface area (Å²) >= 11 is 0. The number of hydrogen-bond donors (Lipinski definition) is 1. The Labute approximate surface area is 252 Å². The maximum atomic E-state index is 14.1. The minimum absolute atomic E-state index is 0. The number of anilines is 2. The zero-order chi connectivity index (χ0) is 28.2. The van der Waals surface area contributed by atoms with Crippen LogP contribution < -0.4 is 5.32 Å². The van der Waals surface area contributed by atoms with Gasteiger partial charge in [-0.1, -0.05) is 42.5 Å². The smallest absolute Gasteiger partial charge is 0.227 e. The number of methoxy groups -OCH3 is 1. The molecule has 1 aliphatic heterocycles. The van der Waals surface area contributed by atoms with Crippen molar-refractivity contribution in [3.63, 3.8) is 0 Å². The van der Waals surface area contributed by atoms with Crippen molar-refractivity contribution in [1.82, 2.24) is 19.8 Å². The Morgan fingerprint density at radius 3 is 2.38 bits per heavy atom. The third-order valence-electron chi connectivity index (χ3n) is 8.23. The first-order chi connectivity index (χ1) is 20.1. The van der Waals surface area contributed by atoms with Crippen LogP contribution in [0.5, 0.6) is 0 Å². The van der Waals surface area contributed by atoms with Gasteiger partial charge in [0.2, 0.25) is 5.95 Å². The molecule has 6 nitrogen and oxygen atoms in total. The molecule has 0 unspecified atom stereocenters. The number of benzene rings is 3. The summed E-state index contributed by atoms with van der Waals surface area (Å²) in [5, 5.41) is 3.36. The molecule has 2 aliphatic rings. The molecule has 0 radical (unpaired) electrons. The van der Waals surface area contributed by atoms with Gasteiger partial charge in [0.1, 0.15) is 0 Å². The largest absolute Gasteiger partial charge is 0.383 e. The van der Waals surface area contributed by atoms with Gasteiger partial charge in [0.25, 0.3) is 0 Å². The van der Waals surface area contributed by atoms with E-state index in [1.807, 2.05) is 30.5 Å². The summed E-state index contributed by atoms with van der Waals surface area (Å²) < 4.78 is 32.8. The van der Waals surface area contributed by atoms with Crippen molar-refractivity contribution in [1.29, 1.82) is 0 Å². The van der Waals surface area contributed by atoms with Gasteiger partial charge in [0.05, 0.1) is 12.3 Å². The predicted octanol–water partition coefficient (Wildman–Crippen LogP) is 6.08. The van der Waals surface area contributed by atoms with Gasteiger partial charge in [-0.15, -0.1) is 12.4 Å². The number of fused-ring (bicyclic) bond motifs is 3. The van der Waals surface area contributed by atoms with E-state index < -0.39 is 11.6 Å². The molecule has 1 aliphatic carbocycles. The van der Waals surface area contributed by atoms with Crippen LogP contribution >= 0.6 is 12.4 Å². The van der Waals surface area contributed by atoms with Gasteiger partial charge in [0, 0.05) is 69.7 Å². The molecule has 1 fully saturated rings. The van der Waals surface area contributed by atoms with Crippen LogP contribution in [-0.2, 0) is 17.6 Å². The number of piperazine rings is 1. The van der Waals surface area contributed by atoms with Crippen molar-refractivity contribution < 1.29 is 13.5 Å². The van der Waals surface area contributed by atoms with Crippen LogP contribution in [0.3, 0.4) is 0 Å². The second kappa shape index (κ2) is 13.7. The number of nitrogens with one attached hydrogen (secondary N) is 1. The van der Waals surface area contributed by atoms with E-state index in [1.54, 1.807) is 13.2 Å². The fourth-order valence-corrected chi connectivity index (χ4v) is 5.85. The highest BCUT2D eigenvalue weighted by molar-refractivity contribution is 5.85. The van der Waals surface area contributed by atoms with Crippen LogP contribution in [0.1, 0.15) is 28.2 Å². The Hall–Kier alpha value is -3.43. The van der Waals surface area contributed by atoms with Crippen LogP contribution in [0.4, 0.5) is 20.4 Å². The lowest BCUT2D eigenvalue weighted by Gasteiger charge is -2.34. The Bertz CT molecular complexity index is 1490. The van der Waals surface area contributed by atoms with E-state index in [4.69, 9.17) is 9.72 Å². The van der Waals surface area contributed by atoms with Gasteiger partial charge in [-0.3, -0.25) is 4.90 Å². The molecule has 4 aromatic rings. The molecule has 1 saturated heterocycles. The van der Waals surface area contributed by atoms with E-state index in [0.717, 1.165) is 85.9 Å². The Kier molecular flexibility index (Phi) is 9.80. The zero-order valence-corrected chi connectivity index (χ0v) is 24.5. The molecule has 0 amide bonds. The second-order valence-electron chi connectivity index (χ2n) is 10.8. The normalized spacial score (nSPS) is 16.8. The van der Waals surface area contributed by atoms with Gasteiger partial charge in [-0.25, -0.2) is 18.7 Å². The fraction of sp³-hybridized carbons (Fsp3) is 0.333. The van der Waals surface area contributed by atoms with E-state index in [0.29, 0.717) is 12.4 Å². The lowest BCUT2D eigenvalue weighted by Crippen LogP contribution is -2.47. The van der Waals surface area contributed by atoms with Gasteiger partial charge >= 0.3 is 0 Å². The van der Waals surface area contributed by atoms with Gasteiger partial charge < -0.3 is 15.0 Å². The molecule has 1 N–H and O–H groups in total. The van der Waals surface area contributed by atoms with Crippen LogP contribution in [0, 0.1) is 11.6 Å². The Balaban J connectivity index is 0.00000353. The van der Waals surface area contributed by atoms with E-state index in [-0.39, 0.29) is 18.3 Å². The summed E-state index contributed by atoms with van der Waals surface area (Å²) in [7, 11) is 1.76. The summed E-state index contributed by atoms with van der Waals surface area (Å²) in [6, 6.07) is 20.7. The maximum absolute atomic E-state index is 14.1. The summed E-state index contributed by atoms with van der Waals surface area (Å²) in [4.78, 5) is 14.5. The first-order valence-corrected chi connectivity index (χ1v) is 14.3. The van der Waals surface area contributed by atoms with Crippen LogP contribution in [0.15, 0.2) is 72.9 Å². The van der Waals surface area contributed by atoms with Gasteiger partial charge in [-0.05, 0) is 59.4 Å². The number of ether oxygens (including phenoxy) is 1. The van der Waals surface area contributed by atoms with Crippen LogP contribution in [0.25, 0.3) is 11.3 Å². The van der Waals surface area contributed by atoms with E-state index in [2.05, 4.69) is 44.4 Å². The maximum Gasteiger partial charge on any atom is 0.227 e. The van der Waals surface area contributed by atoms with Crippen molar-refractivity contribution in [2.75, 3.05) is 58.3 Å². The topological polar surface area (TPSA) is 53.5 Å². The molecular formula is C33H36ClF2N5O. The molecule has 6 rings (SSSR count). The lowest BCUT2D eigenvalue weighted by molar-refractivity contribution is 0.0976. The van der Waals surface area contributed by atoms with Crippen molar-refractivity contribution in [2.45, 2.75) is 18.8 Å². The fourth-order valence-electron chi connectivity index (χ4n) is 5.85. The zero-order valence-electron chi connectivity index (χ0n) is 23.7. The lowest BCUT2D eigenvalue weighted by atomic mass is 9.78. The number of nitrogens with zero attached hydrogens (tertiary/aromatic N) is 4. The van der Waals surface area contributed by atoms with Gasteiger partial charge in [0.15, 0.2) is 11.6 Å². The van der Waals surface area contributed by atoms with E-state index in [1.165, 1.54) is 17.7 Å². The third kappa shape index (κ3) is 6.79. The van der Waals surface area contributed by atoms with Gasteiger partial charge in [-0.2, -0.15) is 0 Å². The van der Waals surface area contributed by atoms with Crippen LogP contribution in [-0.4, -0.2) is 72.8 Å². The SMILES string of the molecule is COCCN1CCN(CCc2ccc(Nc3ncc4c(n3)-c3ccccc3[C@@H](c3ccc(F)c(F)c3)C4)cc2)CC1.Cl. The highest BCUT2D eigenvalue weighted by atomic mass is 35.5. The first-order valence-electron chi connectivity index (χ1n) is 14.3. The van der Waals surface area contributed by atoms with E-state index >= 15 is 0 Å². The molecule has 9 heteroatoms. The van der Waals surface area contributed by atoms with Crippen molar-refractivity contribution in [2.24, 2.45) is 0 Å². The van der Waals surface area contributed by atoms with Crippen molar-refractivity contribution in [3.05, 3.63) is 107 Å². The molecule has 220 valence electrons. The third-order valence-corrected chi connectivity index (χ3v) is 8.23. The van der Waals surface area contributed by atoms with Crippen LogP contribution in [0.2, 0.25) is 0 Å². The highest BCUT2D eigenvalue weighted by Gasteiger charge is 2.28. The number of rotatable bonds is 9. The van der Waals surface area contributed by atoms with Crippen molar-refractivity contribution >= 4 is 24.0 Å². The molecular weight excluding hydrogens is 556 g/mol. The average Bonchev–Trinajstić information content (AvgIpc) is 3.01. The minimum atomic E-state index is -0.835. The standard InChI is InChI=1S/C33H35F2N5O.ClH/c1-41-19-18-40-16-14-39(15-17-40)13-12-23-6-9-26(10-7-23)37-33-36-22-25-20-29(24-8-11-30(34)31(35)21-24)27-4-2-3-5-28(27)32(25)38-33;/h2-11,21-22,29H,12-20H2,1H3,(H,36,37,38);1H/t29-;/m1./s1. The molecule has 3 aromatic carbocycles. The van der Waals surface area contributed by atoms with Crippen molar-refractivity contribution in [3.8, 4) is 11.3 Å². The predicted molar refractivity (Wildman–Crippen MR) is 165 cm³/mol. The highest BCUT2D eigenvalue weighted by Crippen LogP contribution is 2.42. The minimum Gasteiger partial charge on any atom is -0.383 e. The molecule has 2 heterocycles. The summed E-state index contributed by atoms with van der Waals surface area (Å²) in [5.41, 5.74) is 6.88. The Morgan fingerprint density at radius 2 is 1.64 bits per heavy atom. The first kappa shape index (κ1) is 30.0. The number of halogens is 3. The molecule has 1 atom stereocenters. The number of hydrogen-bond acceptors (Lipinski definition) is 6. The van der Waals surface area contributed by atoms with E-state index in [9.17, 15) is 8.78 Å². The molecule has 0 saturated carbocycles. The summed E-state index contributed by atoms with van der Waals surface area (Å²) in [6.07, 6.45) is 3.48. The monoisotopic (exact) mass is 591 g/mol. The second-order valence-corrected chi connectivity index (χ2v) is 10.8. The molecule has 0 bridgehead atoms. The molecule has 0 spiro atoms. The molecule has 1 aromatic heterocycles. The summed E-state index contributed by atoms with van der Waals surface area (Å²) in [6.45, 7) is 7.27.